The Labute approximate surface area is 171 Å². The number of carbonyl (C=O) groups excluding carboxylic acids is 2. The van der Waals surface area contributed by atoms with E-state index in [4.69, 9.17) is 0 Å². The van der Waals surface area contributed by atoms with Gasteiger partial charge in [0.2, 0.25) is 5.91 Å². The van der Waals surface area contributed by atoms with Crippen LogP contribution in [0.15, 0.2) is 35.6 Å². The smallest absolute Gasteiger partial charge is 0.227 e. The van der Waals surface area contributed by atoms with Crippen LogP contribution in [0.25, 0.3) is 10.2 Å². The molecule has 0 atom stereocenters. The van der Waals surface area contributed by atoms with E-state index in [9.17, 15) is 9.59 Å². The number of nitrogens with zero attached hydrogens (tertiary/aromatic N) is 3. The molecule has 0 unspecified atom stereocenters. The van der Waals surface area contributed by atoms with E-state index in [1.807, 2.05) is 24.3 Å². The summed E-state index contributed by atoms with van der Waals surface area (Å²) < 4.78 is 0. The summed E-state index contributed by atoms with van der Waals surface area (Å²) in [5.41, 5.74) is 2.84. The lowest BCUT2D eigenvalue weighted by molar-refractivity contribution is -0.117. The van der Waals surface area contributed by atoms with E-state index in [1.165, 1.54) is 28.6 Å². The molecule has 0 spiro atoms. The van der Waals surface area contributed by atoms with Gasteiger partial charge in [0.15, 0.2) is 5.78 Å². The first-order valence-electron chi connectivity index (χ1n) is 9.52. The van der Waals surface area contributed by atoms with Crippen LogP contribution in [0, 0.1) is 0 Å². The number of benzene rings is 1. The van der Waals surface area contributed by atoms with E-state index in [2.05, 4.69) is 9.97 Å². The average Bonchev–Trinajstić information content (AvgIpc) is 3.42. The number of anilines is 1. The van der Waals surface area contributed by atoms with Crippen LogP contribution >= 0.6 is 23.1 Å². The molecule has 1 amide bonds. The number of thiophene rings is 1. The molecule has 1 saturated heterocycles. The van der Waals surface area contributed by atoms with Crippen LogP contribution in [0.4, 0.5) is 5.69 Å². The highest BCUT2D eigenvalue weighted by molar-refractivity contribution is 8.00. The molecule has 0 N–H and O–H groups in total. The molecule has 0 saturated carbocycles. The van der Waals surface area contributed by atoms with Crippen molar-refractivity contribution in [1.29, 1.82) is 0 Å². The van der Waals surface area contributed by atoms with Crippen molar-refractivity contribution in [3.05, 3.63) is 46.6 Å². The lowest BCUT2D eigenvalue weighted by Gasteiger charge is -2.16. The van der Waals surface area contributed by atoms with Gasteiger partial charge in [0.05, 0.1) is 5.75 Å². The fourth-order valence-corrected chi connectivity index (χ4v) is 6.21. The fraction of sp³-hybridized carbons (Fsp3) is 0.333. The van der Waals surface area contributed by atoms with E-state index in [1.54, 1.807) is 22.6 Å². The number of hydrogen-bond acceptors (Lipinski definition) is 6. The number of Topliss-reactive ketones (excluding diaryl/α,β-unsaturated/α-hetero) is 1. The van der Waals surface area contributed by atoms with Gasteiger partial charge in [-0.25, -0.2) is 9.97 Å². The topological polar surface area (TPSA) is 63.2 Å². The molecule has 3 aromatic rings. The number of ketones is 1. The Balaban J connectivity index is 1.36. The van der Waals surface area contributed by atoms with Crippen molar-refractivity contribution >= 4 is 50.7 Å². The standard InChI is InChI=1S/C21H19N3O2S2/c25-16(13-4-1-5-14(10-13)24-9-3-8-18(24)26)11-27-20-19-15-6-2-7-17(15)28-21(19)23-12-22-20/h1,4-5,10,12H,2-3,6-9,11H2. The highest BCUT2D eigenvalue weighted by Gasteiger charge is 2.23. The molecule has 1 aromatic carbocycles. The summed E-state index contributed by atoms with van der Waals surface area (Å²) in [5.74, 6) is 0.513. The molecule has 7 heteroatoms. The van der Waals surface area contributed by atoms with Gasteiger partial charge in [-0.3, -0.25) is 9.59 Å². The number of hydrogen-bond donors (Lipinski definition) is 0. The Morgan fingerprint density at radius 2 is 2.11 bits per heavy atom. The highest BCUT2D eigenvalue weighted by atomic mass is 32.2. The van der Waals surface area contributed by atoms with Gasteiger partial charge in [-0.05, 0) is 43.4 Å². The summed E-state index contributed by atoms with van der Waals surface area (Å²) in [6.45, 7) is 0.730. The lowest BCUT2D eigenvalue weighted by atomic mass is 10.1. The third-order valence-corrected chi connectivity index (χ3v) is 7.55. The van der Waals surface area contributed by atoms with Gasteiger partial charge < -0.3 is 4.90 Å². The molecular formula is C21H19N3O2S2. The number of aryl methyl sites for hydroxylation is 2. The van der Waals surface area contributed by atoms with Crippen molar-refractivity contribution in [1.82, 2.24) is 9.97 Å². The Bertz CT molecular complexity index is 1090. The maximum Gasteiger partial charge on any atom is 0.227 e. The predicted octanol–water partition coefficient (Wildman–Crippen LogP) is 4.28. The average molecular weight is 410 g/mol. The molecule has 5 nitrogen and oxygen atoms in total. The summed E-state index contributed by atoms with van der Waals surface area (Å²) in [7, 11) is 0. The number of thioether (sulfide) groups is 1. The maximum absolute atomic E-state index is 12.8. The molecular weight excluding hydrogens is 390 g/mol. The number of carbonyl (C=O) groups is 2. The molecule has 2 aromatic heterocycles. The van der Waals surface area contributed by atoms with Crippen molar-refractivity contribution in [3.63, 3.8) is 0 Å². The van der Waals surface area contributed by atoms with Crippen LogP contribution in [0.3, 0.4) is 0 Å². The third-order valence-electron chi connectivity index (χ3n) is 5.36. The largest absolute Gasteiger partial charge is 0.312 e. The molecule has 142 valence electrons. The number of amides is 1. The predicted molar refractivity (Wildman–Crippen MR) is 113 cm³/mol. The first-order chi connectivity index (χ1) is 13.7. The molecule has 1 aliphatic heterocycles. The van der Waals surface area contributed by atoms with Gasteiger partial charge in [0.1, 0.15) is 16.2 Å². The van der Waals surface area contributed by atoms with Crippen LogP contribution in [0.2, 0.25) is 0 Å². The van der Waals surface area contributed by atoms with Crippen molar-refractivity contribution in [2.75, 3.05) is 17.2 Å². The summed E-state index contributed by atoms with van der Waals surface area (Å²) in [6.07, 6.45) is 6.46. The minimum absolute atomic E-state index is 0.0529. The van der Waals surface area contributed by atoms with E-state index >= 15 is 0 Å². The van der Waals surface area contributed by atoms with Gasteiger partial charge in [-0.1, -0.05) is 23.9 Å². The summed E-state index contributed by atoms with van der Waals surface area (Å²) in [6, 6.07) is 7.41. The Morgan fingerprint density at radius 3 is 2.96 bits per heavy atom. The Hall–Kier alpha value is -2.25. The van der Waals surface area contributed by atoms with E-state index in [0.29, 0.717) is 17.7 Å². The summed E-state index contributed by atoms with van der Waals surface area (Å²) in [4.78, 5) is 37.9. The normalized spacial score (nSPS) is 16.1. The van der Waals surface area contributed by atoms with E-state index in [-0.39, 0.29) is 11.7 Å². The zero-order valence-electron chi connectivity index (χ0n) is 15.3. The van der Waals surface area contributed by atoms with Crippen LogP contribution in [0.5, 0.6) is 0 Å². The minimum Gasteiger partial charge on any atom is -0.312 e. The second-order valence-electron chi connectivity index (χ2n) is 7.13. The molecule has 3 heterocycles. The van der Waals surface area contributed by atoms with Crippen molar-refractivity contribution < 1.29 is 9.59 Å². The fourth-order valence-electron chi connectivity index (χ4n) is 3.99. The van der Waals surface area contributed by atoms with Gasteiger partial charge in [0.25, 0.3) is 0 Å². The van der Waals surface area contributed by atoms with Crippen molar-refractivity contribution in [2.45, 2.75) is 37.1 Å². The Kier molecular flexibility index (Phi) is 4.64. The molecule has 0 radical (unpaired) electrons. The number of aromatic nitrogens is 2. The van der Waals surface area contributed by atoms with Crippen LogP contribution < -0.4 is 4.90 Å². The first kappa shape index (κ1) is 17.8. The Morgan fingerprint density at radius 1 is 1.18 bits per heavy atom. The highest BCUT2D eigenvalue weighted by Crippen LogP contribution is 2.40. The van der Waals surface area contributed by atoms with Crippen molar-refractivity contribution in [2.24, 2.45) is 0 Å². The summed E-state index contributed by atoms with van der Waals surface area (Å²) in [5, 5.41) is 2.05. The number of fused-ring (bicyclic) bond motifs is 3. The van der Waals surface area contributed by atoms with Crippen LogP contribution in [-0.4, -0.2) is 34.0 Å². The lowest BCUT2D eigenvalue weighted by Crippen LogP contribution is -2.23. The van der Waals surface area contributed by atoms with Gasteiger partial charge in [-0.2, -0.15) is 0 Å². The van der Waals surface area contributed by atoms with Crippen molar-refractivity contribution in [3.8, 4) is 0 Å². The van der Waals surface area contributed by atoms with Gasteiger partial charge in [-0.15, -0.1) is 11.3 Å². The van der Waals surface area contributed by atoms with Gasteiger partial charge >= 0.3 is 0 Å². The quantitative estimate of drug-likeness (QED) is 0.357. The molecule has 2 aliphatic rings. The maximum atomic E-state index is 12.8. The van der Waals surface area contributed by atoms with E-state index < -0.39 is 0 Å². The molecule has 5 rings (SSSR count). The van der Waals surface area contributed by atoms with Gasteiger partial charge in [0, 0.05) is 34.5 Å². The summed E-state index contributed by atoms with van der Waals surface area (Å²) >= 11 is 3.25. The number of rotatable bonds is 5. The zero-order chi connectivity index (χ0) is 19.1. The second kappa shape index (κ2) is 7.29. The molecule has 1 fully saturated rings. The SMILES string of the molecule is O=C(CSc1ncnc2sc3c(c12)CCC3)c1cccc(N2CCCC2=O)c1. The molecule has 0 bridgehead atoms. The molecule has 28 heavy (non-hydrogen) atoms. The minimum atomic E-state index is 0.0529. The second-order valence-corrected chi connectivity index (χ2v) is 9.18. The monoisotopic (exact) mass is 409 g/mol. The first-order valence-corrected chi connectivity index (χ1v) is 11.3. The zero-order valence-corrected chi connectivity index (χ0v) is 16.9. The van der Waals surface area contributed by atoms with E-state index in [0.717, 1.165) is 46.7 Å². The van der Waals surface area contributed by atoms with Crippen LogP contribution in [-0.2, 0) is 17.6 Å². The molecule has 1 aliphatic carbocycles. The third kappa shape index (κ3) is 3.12. The van der Waals surface area contributed by atoms with Crippen LogP contribution in [0.1, 0.15) is 40.1 Å².